The number of rotatable bonds is 5. The summed E-state index contributed by atoms with van der Waals surface area (Å²) in [4.78, 5) is 6.14. The second-order valence-electron chi connectivity index (χ2n) is 9.72. The highest BCUT2D eigenvalue weighted by atomic mass is 35.5. The number of likely N-dealkylation sites (tertiary alicyclic amines) is 1. The van der Waals surface area contributed by atoms with Gasteiger partial charge >= 0.3 is 6.18 Å². The summed E-state index contributed by atoms with van der Waals surface area (Å²) in [5, 5.41) is 9.28. The number of aromatic nitrogens is 4. The van der Waals surface area contributed by atoms with E-state index in [4.69, 9.17) is 15.5 Å². The number of hydrogen-bond donors (Lipinski definition) is 1. The molecule has 0 spiro atoms. The molecule has 0 amide bonds. The molecule has 3 aromatic heterocycles. The molecule has 2 N–H and O–H groups in total. The SMILES string of the molecule is CC(C)Oc1cccc2ccc(-c3nnc4ccc([C@H](N5CC[C@](C)(N)C5)C(F)(F)F)cn34)nc12.Cl.Cl. The fourth-order valence-electron chi connectivity index (χ4n) is 4.69. The van der Waals surface area contributed by atoms with Crippen LogP contribution in [0.5, 0.6) is 5.75 Å². The number of nitrogens with zero attached hydrogens (tertiary/aromatic N) is 5. The lowest BCUT2D eigenvalue weighted by atomic mass is 10.0. The molecule has 1 fully saturated rings. The maximum Gasteiger partial charge on any atom is 0.408 e. The minimum absolute atomic E-state index is 0. The molecule has 37 heavy (non-hydrogen) atoms. The zero-order valence-electron chi connectivity index (χ0n) is 20.6. The smallest absolute Gasteiger partial charge is 0.408 e. The monoisotopic (exact) mass is 556 g/mol. The molecule has 0 bridgehead atoms. The Labute approximate surface area is 225 Å². The molecule has 7 nitrogen and oxygen atoms in total. The predicted octanol–water partition coefficient (Wildman–Crippen LogP) is 5.60. The second kappa shape index (κ2) is 10.6. The zero-order chi connectivity index (χ0) is 25.0. The van der Waals surface area contributed by atoms with Gasteiger partial charge in [0.1, 0.15) is 23.0 Å². The van der Waals surface area contributed by atoms with Gasteiger partial charge in [0.2, 0.25) is 0 Å². The van der Waals surface area contributed by atoms with Crippen molar-refractivity contribution in [3.63, 3.8) is 0 Å². The summed E-state index contributed by atoms with van der Waals surface area (Å²) in [6, 6.07) is 10.6. The first-order valence-electron chi connectivity index (χ1n) is 11.5. The largest absolute Gasteiger partial charge is 0.489 e. The molecule has 0 aliphatic carbocycles. The summed E-state index contributed by atoms with van der Waals surface area (Å²) < 4.78 is 50.2. The maximum atomic E-state index is 14.2. The molecule has 0 saturated carbocycles. The summed E-state index contributed by atoms with van der Waals surface area (Å²) in [6.07, 6.45) is -2.55. The van der Waals surface area contributed by atoms with Gasteiger partial charge in [0.05, 0.1) is 6.10 Å². The number of alkyl halides is 3. The summed E-state index contributed by atoms with van der Waals surface area (Å²) >= 11 is 0. The van der Waals surface area contributed by atoms with Crippen LogP contribution in [-0.2, 0) is 0 Å². The minimum Gasteiger partial charge on any atom is -0.489 e. The van der Waals surface area contributed by atoms with Crippen LogP contribution in [0.25, 0.3) is 28.1 Å². The fraction of sp³-hybridized carbons (Fsp3) is 0.400. The van der Waals surface area contributed by atoms with Crippen molar-refractivity contribution in [1.82, 2.24) is 24.5 Å². The van der Waals surface area contributed by atoms with Crippen molar-refractivity contribution in [2.24, 2.45) is 5.73 Å². The van der Waals surface area contributed by atoms with Crippen LogP contribution in [0.15, 0.2) is 48.7 Å². The van der Waals surface area contributed by atoms with Crippen LogP contribution >= 0.6 is 24.8 Å². The molecule has 2 atom stereocenters. The van der Waals surface area contributed by atoms with Crippen molar-refractivity contribution < 1.29 is 17.9 Å². The number of hydrogen-bond acceptors (Lipinski definition) is 6. The number of nitrogens with two attached hydrogens (primary N) is 1. The third-order valence-electron chi connectivity index (χ3n) is 6.23. The average molecular weight is 557 g/mol. The zero-order valence-corrected chi connectivity index (χ0v) is 22.2. The van der Waals surface area contributed by atoms with Crippen LogP contribution in [0.4, 0.5) is 13.2 Å². The Bertz CT molecular complexity index is 1390. The molecule has 5 rings (SSSR count). The highest BCUT2D eigenvalue weighted by Gasteiger charge is 2.48. The van der Waals surface area contributed by atoms with Gasteiger partial charge in [0.15, 0.2) is 11.5 Å². The van der Waals surface area contributed by atoms with Crippen LogP contribution in [0, 0.1) is 0 Å². The van der Waals surface area contributed by atoms with E-state index in [2.05, 4.69) is 10.2 Å². The molecular weight excluding hydrogens is 528 g/mol. The first kappa shape index (κ1) is 28.9. The molecule has 0 radical (unpaired) electrons. The third-order valence-corrected chi connectivity index (χ3v) is 6.23. The molecule has 1 saturated heterocycles. The molecule has 200 valence electrons. The Kier molecular flexibility index (Phi) is 8.28. The number of fused-ring (bicyclic) bond motifs is 2. The molecule has 1 aliphatic heterocycles. The highest BCUT2D eigenvalue weighted by Crippen LogP contribution is 2.41. The molecule has 4 heterocycles. The van der Waals surface area contributed by atoms with Crippen LogP contribution in [-0.4, -0.2) is 55.4 Å². The van der Waals surface area contributed by atoms with E-state index in [1.807, 2.05) is 38.1 Å². The van der Waals surface area contributed by atoms with E-state index in [1.54, 1.807) is 23.5 Å². The first-order chi connectivity index (χ1) is 16.5. The lowest BCUT2D eigenvalue weighted by Crippen LogP contribution is -2.43. The maximum absolute atomic E-state index is 14.2. The van der Waals surface area contributed by atoms with Gasteiger partial charge in [0.25, 0.3) is 0 Å². The van der Waals surface area contributed by atoms with Gasteiger partial charge in [-0.1, -0.05) is 24.3 Å². The summed E-state index contributed by atoms with van der Waals surface area (Å²) in [6.45, 7) is 6.08. The lowest BCUT2D eigenvalue weighted by molar-refractivity contribution is -0.184. The Morgan fingerprint density at radius 2 is 1.81 bits per heavy atom. The molecule has 12 heteroatoms. The summed E-state index contributed by atoms with van der Waals surface area (Å²) in [5.41, 5.74) is 7.16. The van der Waals surface area contributed by atoms with Crippen LogP contribution < -0.4 is 10.5 Å². The highest BCUT2D eigenvalue weighted by molar-refractivity contribution is 5.86. The minimum atomic E-state index is -4.47. The van der Waals surface area contributed by atoms with E-state index in [1.165, 1.54) is 17.2 Å². The van der Waals surface area contributed by atoms with Gasteiger partial charge in [-0.25, -0.2) is 4.98 Å². The number of pyridine rings is 2. The van der Waals surface area contributed by atoms with E-state index in [-0.39, 0.29) is 49.6 Å². The number of para-hydroxylation sites is 1. The van der Waals surface area contributed by atoms with E-state index >= 15 is 0 Å². The quantitative estimate of drug-likeness (QED) is 0.344. The van der Waals surface area contributed by atoms with Gasteiger partial charge in [0, 0.05) is 30.2 Å². The predicted molar refractivity (Wildman–Crippen MR) is 142 cm³/mol. The van der Waals surface area contributed by atoms with Crippen molar-refractivity contribution in [2.75, 3.05) is 13.1 Å². The Morgan fingerprint density at radius 1 is 1.05 bits per heavy atom. The lowest BCUT2D eigenvalue weighted by Gasteiger charge is -2.31. The van der Waals surface area contributed by atoms with Crippen LogP contribution in [0.3, 0.4) is 0 Å². The second-order valence-corrected chi connectivity index (χ2v) is 9.72. The van der Waals surface area contributed by atoms with E-state index in [9.17, 15) is 13.2 Å². The number of ether oxygens (including phenoxy) is 1. The molecular formula is C25H29Cl2F3N6O. The van der Waals surface area contributed by atoms with Crippen LogP contribution in [0.1, 0.15) is 38.8 Å². The Morgan fingerprint density at radius 3 is 2.46 bits per heavy atom. The number of benzene rings is 1. The summed E-state index contributed by atoms with van der Waals surface area (Å²) in [5.74, 6) is 0.985. The third kappa shape index (κ3) is 5.77. The Hall–Kier alpha value is -2.66. The fourth-order valence-corrected chi connectivity index (χ4v) is 4.69. The van der Waals surface area contributed by atoms with E-state index < -0.39 is 17.8 Å². The molecule has 4 aromatic rings. The van der Waals surface area contributed by atoms with Gasteiger partial charge in [-0.3, -0.25) is 9.30 Å². The topological polar surface area (TPSA) is 81.6 Å². The van der Waals surface area contributed by atoms with Gasteiger partial charge < -0.3 is 10.5 Å². The first-order valence-corrected chi connectivity index (χ1v) is 11.5. The molecule has 1 aliphatic rings. The number of halogens is 5. The van der Waals surface area contributed by atoms with Crippen molar-refractivity contribution in [1.29, 1.82) is 0 Å². The standard InChI is InChI=1S/C25H27F3N6O.2ClH/c1-15(2)35-19-6-4-5-16-7-9-18(30-21(16)19)23-32-31-20-10-8-17(13-34(20)23)22(25(26,27)28)33-12-11-24(3,29)14-33;;/h4-10,13,15,22H,11-12,14,29H2,1-3H3;2*1H/t22-,24-;;/m0../s1. The normalized spacial score (nSPS) is 19.1. The van der Waals surface area contributed by atoms with Crippen molar-refractivity contribution in [3.05, 3.63) is 54.2 Å². The average Bonchev–Trinajstić information content (AvgIpc) is 3.35. The molecule has 0 unspecified atom stereocenters. The van der Waals surface area contributed by atoms with Gasteiger partial charge in [-0.2, -0.15) is 13.2 Å². The van der Waals surface area contributed by atoms with E-state index in [0.717, 1.165) is 5.39 Å². The van der Waals surface area contributed by atoms with Gasteiger partial charge in [-0.15, -0.1) is 35.0 Å². The summed E-state index contributed by atoms with van der Waals surface area (Å²) in [7, 11) is 0. The van der Waals surface area contributed by atoms with Crippen molar-refractivity contribution in [2.45, 2.75) is 51.1 Å². The molecule has 1 aromatic carbocycles. The van der Waals surface area contributed by atoms with Crippen LogP contribution in [0.2, 0.25) is 0 Å². The van der Waals surface area contributed by atoms with Crippen molar-refractivity contribution in [3.8, 4) is 17.3 Å². The van der Waals surface area contributed by atoms with Gasteiger partial charge in [-0.05, 0) is 51.0 Å². The van der Waals surface area contributed by atoms with Crippen molar-refractivity contribution >= 4 is 41.4 Å². The van der Waals surface area contributed by atoms with E-state index in [0.29, 0.717) is 34.9 Å². The Balaban J connectivity index is 0.00000190.